The zero-order valence-electron chi connectivity index (χ0n) is 10.1. The number of aliphatic hydroxyl groups excluding tert-OH is 1. The summed E-state index contributed by atoms with van der Waals surface area (Å²) in [6.07, 6.45) is -3.08. The number of hydrogen-bond acceptors (Lipinski definition) is 8. The lowest BCUT2D eigenvalue weighted by Gasteiger charge is -2.22. The molecule has 0 saturated carbocycles. The molecule has 8 heteroatoms. The van der Waals surface area contributed by atoms with E-state index in [1.165, 1.54) is 14.2 Å². The number of methoxy groups -OCH3 is 2. The monoisotopic (exact) mass is 264 g/mol. The van der Waals surface area contributed by atoms with E-state index in [1.807, 2.05) is 0 Å². The second kappa shape index (κ2) is 4.99. The number of fused-ring (bicyclic) bond motifs is 1. The van der Waals surface area contributed by atoms with Crippen LogP contribution in [0.5, 0.6) is 0 Å². The molecule has 3 aliphatic heterocycles. The molecule has 3 fully saturated rings. The van der Waals surface area contributed by atoms with Crippen LogP contribution in [0.25, 0.3) is 0 Å². The van der Waals surface area contributed by atoms with Crippen molar-refractivity contribution in [3.63, 3.8) is 0 Å². The summed E-state index contributed by atoms with van der Waals surface area (Å²) in [5.74, 6) is 0. The zero-order chi connectivity index (χ0) is 12.7. The van der Waals surface area contributed by atoms with Crippen LogP contribution in [0.1, 0.15) is 0 Å². The highest BCUT2D eigenvalue weighted by Gasteiger charge is 2.55. The van der Waals surface area contributed by atoms with E-state index in [0.717, 1.165) is 0 Å². The van der Waals surface area contributed by atoms with E-state index in [1.54, 1.807) is 0 Å². The number of aliphatic hydroxyl groups is 1. The van der Waals surface area contributed by atoms with Crippen LogP contribution in [0.15, 0.2) is 0 Å². The van der Waals surface area contributed by atoms with E-state index < -0.39 is 43.7 Å². The highest BCUT2D eigenvalue weighted by Crippen LogP contribution is 2.35. The molecule has 0 aliphatic carbocycles. The summed E-state index contributed by atoms with van der Waals surface area (Å²) in [5, 5.41) is 10.1. The molecule has 3 rings (SSSR count). The SMILES string of the molecule is COC1OCC(C2OC3OC(OC)OC3C2O)O1. The van der Waals surface area contributed by atoms with Crippen LogP contribution in [-0.2, 0) is 33.2 Å². The van der Waals surface area contributed by atoms with Gasteiger partial charge in [0.2, 0.25) is 0 Å². The molecular formula is C10H16O8. The van der Waals surface area contributed by atoms with Gasteiger partial charge in [-0.25, -0.2) is 0 Å². The second-order valence-corrected chi connectivity index (χ2v) is 4.25. The molecule has 0 aromatic heterocycles. The van der Waals surface area contributed by atoms with Gasteiger partial charge in [0.05, 0.1) is 6.61 Å². The molecule has 8 nitrogen and oxygen atoms in total. The van der Waals surface area contributed by atoms with Crippen molar-refractivity contribution in [2.45, 2.75) is 43.7 Å². The smallest absolute Gasteiger partial charge is 0.274 e. The first kappa shape index (κ1) is 12.7. The fourth-order valence-corrected chi connectivity index (χ4v) is 2.29. The molecule has 7 unspecified atom stereocenters. The predicted molar refractivity (Wildman–Crippen MR) is 53.0 cm³/mol. The van der Waals surface area contributed by atoms with Crippen LogP contribution in [0.3, 0.4) is 0 Å². The van der Waals surface area contributed by atoms with E-state index in [0.29, 0.717) is 0 Å². The summed E-state index contributed by atoms with van der Waals surface area (Å²) >= 11 is 0. The Bertz CT molecular complexity index is 300. The molecule has 18 heavy (non-hydrogen) atoms. The van der Waals surface area contributed by atoms with Crippen LogP contribution >= 0.6 is 0 Å². The fraction of sp³-hybridized carbons (Fsp3) is 1.00. The summed E-state index contributed by atoms with van der Waals surface area (Å²) in [6.45, 7) is -1.24. The average molecular weight is 264 g/mol. The summed E-state index contributed by atoms with van der Waals surface area (Å²) in [4.78, 5) is 0. The maximum absolute atomic E-state index is 10.1. The predicted octanol–water partition coefficient (Wildman–Crippen LogP) is -1.24. The van der Waals surface area contributed by atoms with Crippen molar-refractivity contribution in [1.29, 1.82) is 0 Å². The van der Waals surface area contributed by atoms with Crippen LogP contribution in [0.4, 0.5) is 0 Å². The summed E-state index contributed by atoms with van der Waals surface area (Å²) in [7, 11) is 2.93. The largest absolute Gasteiger partial charge is 0.387 e. The van der Waals surface area contributed by atoms with Gasteiger partial charge in [-0.05, 0) is 0 Å². The van der Waals surface area contributed by atoms with Gasteiger partial charge in [0.15, 0.2) is 6.29 Å². The molecule has 0 radical (unpaired) electrons. The van der Waals surface area contributed by atoms with Crippen molar-refractivity contribution in [3.8, 4) is 0 Å². The van der Waals surface area contributed by atoms with Crippen molar-refractivity contribution >= 4 is 0 Å². The standard InChI is InChI=1S/C10H16O8/c1-12-9-14-3-4(15-9)6-5(11)7-8(16-6)18-10(13-2)17-7/h4-11H,3H2,1-2H3. The first-order chi connectivity index (χ1) is 8.72. The van der Waals surface area contributed by atoms with Gasteiger partial charge in [-0.1, -0.05) is 0 Å². The zero-order valence-corrected chi connectivity index (χ0v) is 10.1. The number of rotatable bonds is 3. The van der Waals surface area contributed by atoms with Gasteiger partial charge in [-0.15, -0.1) is 0 Å². The molecule has 0 bridgehead atoms. The Morgan fingerprint density at radius 3 is 2.33 bits per heavy atom. The summed E-state index contributed by atoms with van der Waals surface area (Å²) in [6, 6.07) is 0. The molecule has 3 saturated heterocycles. The van der Waals surface area contributed by atoms with Crippen LogP contribution in [0.2, 0.25) is 0 Å². The molecular weight excluding hydrogens is 248 g/mol. The van der Waals surface area contributed by atoms with Gasteiger partial charge in [0.25, 0.3) is 13.0 Å². The normalized spacial score (nSPS) is 51.8. The molecule has 104 valence electrons. The minimum absolute atomic E-state index is 0.285. The van der Waals surface area contributed by atoms with E-state index in [2.05, 4.69) is 0 Å². The van der Waals surface area contributed by atoms with E-state index in [-0.39, 0.29) is 6.61 Å². The van der Waals surface area contributed by atoms with Crippen molar-refractivity contribution in [1.82, 2.24) is 0 Å². The van der Waals surface area contributed by atoms with Crippen molar-refractivity contribution in [2.75, 3.05) is 20.8 Å². The highest BCUT2D eigenvalue weighted by molar-refractivity contribution is 4.95. The molecule has 0 spiro atoms. The Labute approximate surface area is 104 Å². The molecule has 3 aliphatic rings. The minimum Gasteiger partial charge on any atom is -0.387 e. The molecule has 0 aromatic carbocycles. The maximum atomic E-state index is 10.1. The number of hydrogen-bond donors (Lipinski definition) is 1. The Hall–Kier alpha value is -0.320. The van der Waals surface area contributed by atoms with Crippen LogP contribution < -0.4 is 0 Å². The lowest BCUT2D eigenvalue weighted by molar-refractivity contribution is -0.278. The molecule has 0 amide bonds. The Morgan fingerprint density at radius 2 is 1.72 bits per heavy atom. The Balaban J connectivity index is 1.61. The van der Waals surface area contributed by atoms with Crippen LogP contribution in [-0.4, -0.2) is 69.6 Å². The van der Waals surface area contributed by atoms with E-state index in [9.17, 15) is 5.11 Å². The minimum atomic E-state index is -0.862. The third-order valence-corrected chi connectivity index (χ3v) is 3.18. The quantitative estimate of drug-likeness (QED) is 0.678. The molecule has 1 N–H and O–H groups in total. The van der Waals surface area contributed by atoms with Crippen LogP contribution in [0, 0.1) is 0 Å². The number of ether oxygens (including phenoxy) is 7. The highest BCUT2D eigenvalue weighted by atomic mass is 16.9. The fourth-order valence-electron chi connectivity index (χ4n) is 2.29. The molecule has 0 aromatic rings. The molecule has 7 atom stereocenters. The van der Waals surface area contributed by atoms with E-state index >= 15 is 0 Å². The van der Waals surface area contributed by atoms with Crippen molar-refractivity contribution in [3.05, 3.63) is 0 Å². The van der Waals surface area contributed by atoms with E-state index in [4.69, 9.17) is 33.2 Å². The first-order valence-corrected chi connectivity index (χ1v) is 5.70. The summed E-state index contributed by atoms with van der Waals surface area (Å²) in [5.41, 5.74) is 0. The lowest BCUT2D eigenvalue weighted by Crippen LogP contribution is -2.41. The van der Waals surface area contributed by atoms with Gasteiger partial charge in [-0.2, -0.15) is 0 Å². The summed E-state index contributed by atoms with van der Waals surface area (Å²) < 4.78 is 36.6. The van der Waals surface area contributed by atoms with Gasteiger partial charge in [0.1, 0.15) is 24.4 Å². The van der Waals surface area contributed by atoms with Gasteiger partial charge in [0, 0.05) is 14.2 Å². The van der Waals surface area contributed by atoms with Crippen molar-refractivity contribution < 1.29 is 38.3 Å². The third-order valence-electron chi connectivity index (χ3n) is 3.18. The van der Waals surface area contributed by atoms with Crippen molar-refractivity contribution in [2.24, 2.45) is 0 Å². The maximum Gasteiger partial charge on any atom is 0.274 e. The van der Waals surface area contributed by atoms with Gasteiger partial charge >= 0.3 is 0 Å². The van der Waals surface area contributed by atoms with Gasteiger partial charge in [-0.3, -0.25) is 4.74 Å². The Morgan fingerprint density at radius 1 is 0.944 bits per heavy atom. The van der Waals surface area contributed by atoms with Gasteiger partial charge < -0.3 is 33.5 Å². The first-order valence-electron chi connectivity index (χ1n) is 5.70. The lowest BCUT2D eigenvalue weighted by atomic mass is 10.1. The topological polar surface area (TPSA) is 84.8 Å². The third kappa shape index (κ3) is 2.04. The average Bonchev–Trinajstić information content (AvgIpc) is 3.05. The molecule has 3 heterocycles. The second-order valence-electron chi connectivity index (χ2n) is 4.25. The Kier molecular flexibility index (Phi) is 3.52.